The van der Waals surface area contributed by atoms with Crippen molar-refractivity contribution >= 4 is 21.6 Å². The molecule has 0 spiro atoms. The number of imidazole rings is 1. The number of rotatable bonds is 6. The SMILES string of the molecule is CCNS(=O)(=O)c1ccc(C)c(C(=O)N2CCN(Cc3cn4ccccc4n3)CC2)c1. The minimum Gasteiger partial charge on any atom is -0.336 e. The van der Waals surface area contributed by atoms with E-state index in [1.54, 1.807) is 17.9 Å². The number of sulfonamides is 1. The highest BCUT2D eigenvalue weighted by Gasteiger charge is 2.25. The van der Waals surface area contributed by atoms with Gasteiger partial charge in [0.15, 0.2) is 0 Å². The average molecular weight is 442 g/mol. The molecule has 164 valence electrons. The van der Waals surface area contributed by atoms with Crippen molar-refractivity contribution in [2.45, 2.75) is 25.3 Å². The van der Waals surface area contributed by atoms with Gasteiger partial charge in [0.25, 0.3) is 5.91 Å². The molecule has 1 amide bonds. The lowest BCUT2D eigenvalue weighted by Gasteiger charge is -2.34. The monoisotopic (exact) mass is 441 g/mol. The van der Waals surface area contributed by atoms with Gasteiger partial charge in [-0.1, -0.05) is 19.1 Å². The van der Waals surface area contributed by atoms with Crippen molar-refractivity contribution in [3.05, 3.63) is 65.6 Å². The molecule has 0 saturated carbocycles. The molecule has 0 aliphatic carbocycles. The molecule has 0 radical (unpaired) electrons. The fourth-order valence-electron chi connectivity index (χ4n) is 3.84. The van der Waals surface area contributed by atoms with Gasteiger partial charge in [-0.3, -0.25) is 9.69 Å². The summed E-state index contributed by atoms with van der Waals surface area (Å²) in [5, 5.41) is 0. The predicted molar refractivity (Wildman–Crippen MR) is 118 cm³/mol. The molecule has 0 bridgehead atoms. The van der Waals surface area contributed by atoms with Crippen LogP contribution in [0.2, 0.25) is 0 Å². The molecular weight excluding hydrogens is 414 g/mol. The fourth-order valence-corrected chi connectivity index (χ4v) is 4.91. The van der Waals surface area contributed by atoms with Gasteiger partial charge < -0.3 is 9.30 Å². The number of carbonyl (C=O) groups excluding carboxylic acids is 1. The summed E-state index contributed by atoms with van der Waals surface area (Å²) in [4.78, 5) is 22.0. The van der Waals surface area contributed by atoms with E-state index in [2.05, 4.69) is 14.6 Å². The van der Waals surface area contributed by atoms with Crippen LogP contribution in [0.1, 0.15) is 28.5 Å². The lowest BCUT2D eigenvalue weighted by Crippen LogP contribution is -2.48. The van der Waals surface area contributed by atoms with Crippen LogP contribution in [0.3, 0.4) is 0 Å². The molecule has 1 saturated heterocycles. The van der Waals surface area contributed by atoms with Crippen molar-refractivity contribution < 1.29 is 13.2 Å². The standard InChI is InChI=1S/C22H27N5O3S/c1-3-23-31(29,30)19-8-7-17(2)20(14-19)22(28)26-12-10-25(11-13-26)15-18-16-27-9-5-4-6-21(27)24-18/h4-9,14,16,23H,3,10-13,15H2,1-2H3. The highest BCUT2D eigenvalue weighted by Crippen LogP contribution is 2.19. The average Bonchev–Trinajstić information content (AvgIpc) is 3.16. The predicted octanol–water partition coefficient (Wildman–Crippen LogP) is 1.90. The molecule has 9 heteroatoms. The van der Waals surface area contributed by atoms with Crippen LogP contribution in [0.4, 0.5) is 0 Å². The summed E-state index contributed by atoms with van der Waals surface area (Å²) >= 11 is 0. The van der Waals surface area contributed by atoms with Crippen LogP contribution in [0, 0.1) is 6.92 Å². The zero-order valence-corrected chi connectivity index (χ0v) is 18.6. The number of hydrogen-bond donors (Lipinski definition) is 1. The number of nitrogens with one attached hydrogen (secondary N) is 1. The van der Waals surface area contributed by atoms with Gasteiger partial charge in [-0.25, -0.2) is 18.1 Å². The number of nitrogens with zero attached hydrogens (tertiary/aromatic N) is 4. The maximum Gasteiger partial charge on any atom is 0.254 e. The minimum absolute atomic E-state index is 0.119. The molecule has 0 atom stereocenters. The zero-order valence-electron chi connectivity index (χ0n) is 17.8. The molecule has 0 unspecified atom stereocenters. The summed E-state index contributed by atoms with van der Waals surface area (Å²) in [5.74, 6) is -0.126. The highest BCUT2D eigenvalue weighted by molar-refractivity contribution is 7.89. The topological polar surface area (TPSA) is 87.0 Å². The van der Waals surface area contributed by atoms with Gasteiger partial charge in [0.1, 0.15) is 5.65 Å². The summed E-state index contributed by atoms with van der Waals surface area (Å²) in [6.07, 6.45) is 4.02. The third kappa shape index (κ3) is 4.63. The third-order valence-corrected chi connectivity index (χ3v) is 7.09. The molecule has 1 fully saturated rings. The van der Waals surface area contributed by atoms with E-state index < -0.39 is 10.0 Å². The van der Waals surface area contributed by atoms with Crippen LogP contribution in [0.5, 0.6) is 0 Å². The van der Waals surface area contributed by atoms with Crippen molar-refractivity contribution in [2.75, 3.05) is 32.7 Å². The fraction of sp³-hybridized carbons (Fsp3) is 0.364. The van der Waals surface area contributed by atoms with E-state index >= 15 is 0 Å². The zero-order chi connectivity index (χ0) is 22.0. The van der Waals surface area contributed by atoms with E-state index in [1.807, 2.05) is 41.9 Å². The molecule has 1 aliphatic heterocycles. The molecule has 8 nitrogen and oxygen atoms in total. The van der Waals surface area contributed by atoms with Gasteiger partial charge in [-0.15, -0.1) is 0 Å². The lowest BCUT2D eigenvalue weighted by molar-refractivity contribution is 0.0626. The summed E-state index contributed by atoms with van der Waals surface area (Å²) in [7, 11) is -3.61. The van der Waals surface area contributed by atoms with Crippen LogP contribution < -0.4 is 4.72 Å². The maximum atomic E-state index is 13.1. The van der Waals surface area contributed by atoms with Crippen molar-refractivity contribution in [3.63, 3.8) is 0 Å². The van der Waals surface area contributed by atoms with Crippen molar-refractivity contribution in [3.8, 4) is 0 Å². The molecule has 1 N–H and O–H groups in total. The number of amides is 1. The third-order valence-electron chi connectivity index (χ3n) is 5.54. The largest absolute Gasteiger partial charge is 0.336 e. The van der Waals surface area contributed by atoms with E-state index in [-0.39, 0.29) is 10.8 Å². The molecule has 3 heterocycles. The van der Waals surface area contributed by atoms with E-state index in [1.165, 1.54) is 12.1 Å². The number of benzene rings is 1. The molecule has 1 aromatic carbocycles. The van der Waals surface area contributed by atoms with Crippen LogP contribution >= 0.6 is 0 Å². The first kappa shape index (κ1) is 21.5. The minimum atomic E-state index is -3.61. The van der Waals surface area contributed by atoms with Gasteiger partial charge in [-0.2, -0.15) is 0 Å². The van der Waals surface area contributed by atoms with E-state index in [0.717, 1.165) is 36.5 Å². The summed E-state index contributed by atoms with van der Waals surface area (Å²) < 4.78 is 29.1. The first-order valence-electron chi connectivity index (χ1n) is 10.4. The molecule has 1 aliphatic rings. The molecule has 4 rings (SSSR count). The smallest absolute Gasteiger partial charge is 0.254 e. The van der Waals surface area contributed by atoms with Crippen LogP contribution in [-0.2, 0) is 16.6 Å². The number of aryl methyl sites for hydroxylation is 1. The quantitative estimate of drug-likeness (QED) is 0.631. The Bertz CT molecular complexity index is 1160. The second kappa shape index (κ2) is 8.78. The number of hydrogen-bond acceptors (Lipinski definition) is 5. The molecule has 2 aromatic heterocycles. The number of pyridine rings is 1. The lowest BCUT2D eigenvalue weighted by atomic mass is 10.1. The van der Waals surface area contributed by atoms with Crippen LogP contribution in [0.25, 0.3) is 5.65 Å². The van der Waals surface area contributed by atoms with Crippen LogP contribution in [0.15, 0.2) is 53.7 Å². The highest BCUT2D eigenvalue weighted by atomic mass is 32.2. The molecule has 31 heavy (non-hydrogen) atoms. The van der Waals surface area contributed by atoms with Crippen molar-refractivity contribution in [2.24, 2.45) is 0 Å². The Labute approximate surface area is 182 Å². The van der Waals surface area contributed by atoms with E-state index in [4.69, 9.17) is 0 Å². The first-order valence-corrected chi connectivity index (χ1v) is 11.9. The van der Waals surface area contributed by atoms with Crippen LogP contribution in [-0.4, -0.2) is 66.2 Å². The van der Waals surface area contributed by atoms with Gasteiger partial charge >= 0.3 is 0 Å². The van der Waals surface area contributed by atoms with E-state index in [9.17, 15) is 13.2 Å². The Morgan fingerprint density at radius 1 is 1.13 bits per heavy atom. The second-order valence-electron chi connectivity index (χ2n) is 7.74. The van der Waals surface area contributed by atoms with Gasteiger partial charge in [0.2, 0.25) is 10.0 Å². The van der Waals surface area contributed by atoms with Crippen molar-refractivity contribution in [1.82, 2.24) is 23.9 Å². The number of aromatic nitrogens is 2. The van der Waals surface area contributed by atoms with E-state index in [0.29, 0.717) is 25.2 Å². The Balaban J connectivity index is 1.42. The van der Waals surface area contributed by atoms with Gasteiger partial charge in [0, 0.05) is 57.2 Å². The maximum absolute atomic E-state index is 13.1. The molecular formula is C22H27N5O3S. The summed E-state index contributed by atoms with van der Waals surface area (Å²) in [5.41, 5.74) is 3.14. The first-order chi connectivity index (χ1) is 14.9. The second-order valence-corrected chi connectivity index (χ2v) is 9.51. The molecule has 3 aromatic rings. The Hall–Kier alpha value is -2.75. The van der Waals surface area contributed by atoms with Gasteiger partial charge in [-0.05, 0) is 36.8 Å². The summed E-state index contributed by atoms with van der Waals surface area (Å²) in [6.45, 7) is 7.26. The van der Waals surface area contributed by atoms with Crippen molar-refractivity contribution in [1.29, 1.82) is 0 Å². The Kier molecular flexibility index (Phi) is 6.08. The number of piperazine rings is 1. The van der Waals surface area contributed by atoms with Gasteiger partial charge in [0.05, 0.1) is 10.6 Å². The normalized spacial score (nSPS) is 15.5. The Morgan fingerprint density at radius 3 is 2.61 bits per heavy atom. The number of carbonyl (C=O) groups is 1. The number of fused-ring (bicyclic) bond motifs is 1. The summed E-state index contributed by atoms with van der Waals surface area (Å²) in [6, 6.07) is 10.6. The Morgan fingerprint density at radius 2 is 1.90 bits per heavy atom.